The lowest BCUT2D eigenvalue weighted by Crippen LogP contribution is -2.37. The Morgan fingerprint density at radius 3 is 2.33 bits per heavy atom. The quantitative estimate of drug-likeness (QED) is 0.759. The van der Waals surface area contributed by atoms with Crippen LogP contribution in [0.5, 0.6) is 0 Å². The van der Waals surface area contributed by atoms with Crippen LogP contribution < -0.4 is 4.90 Å². The number of benzene rings is 2. The minimum atomic E-state index is -0.415. The van der Waals surface area contributed by atoms with Gasteiger partial charge in [0.15, 0.2) is 0 Å². The maximum absolute atomic E-state index is 12.8. The highest BCUT2D eigenvalue weighted by molar-refractivity contribution is 5.96. The molecule has 142 valence electrons. The van der Waals surface area contributed by atoms with E-state index in [0.717, 1.165) is 37.6 Å². The molecule has 0 aliphatic carbocycles. The summed E-state index contributed by atoms with van der Waals surface area (Å²) in [7, 11) is 3.12. The Balaban J connectivity index is 1.72. The largest absolute Gasteiger partial charge is 0.465 e. The molecule has 0 radical (unpaired) electrons. The number of anilines is 1. The van der Waals surface area contributed by atoms with Crippen molar-refractivity contribution in [1.29, 1.82) is 0 Å². The van der Waals surface area contributed by atoms with Gasteiger partial charge in [-0.05, 0) is 35.9 Å². The first kappa shape index (κ1) is 18.9. The van der Waals surface area contributed by atoms with Crippen LogP contribution in [0.4, 0.5) is 5.69 Å². The fourth-order valence-electron chi connectivity index (χ4n) is 3.17. The molecule has 6 heteroatoms. The SMILES string of the molecule is COC(=O)c1ccc(C(=O)N(C)Cc2ccccc2N2CCOCC2)cc1. The second kappa shape index (κ2) is 8.68. The van der Waals surface area contributed by atoms with Gasteiger partial charge in [-0.25, -0.2) is 4.79 Å². The molecule has 0 unspecified atom stereocenters. The third-order valence-corrected chi connectivity index (χ3v) is 4.65. The lowest BCUT2D eigenvalue weighted by Gasteiger charge is -2.31. The lowest BCUT2D eigenvalue weighted by atomic mass is 10.1. The van der Waals surface area contributed by atoms with Crippen molar-refractivity contribution in [2.75, 3.05) is 45.4 Å². The molecule has 6 nitrogen and oxygen atoms in total. The molecule has 1 heterocycles. The maximum atomic E-state index is 12.8. The fourth-order valence-corrected chi connectivity index (χ4v) is 3.17. The Kier molecular flexibility index (Phi) is 6.08. The third-order valence-electron chi connectivity index (χ3n) is 4.65. The van der Waals surface area contributed by atoms with Gasteiger partial charge in [-0.2, -0.15) is 0 Å². The Bertz CT molecular complexity index is 798. The molecule has 1 aliphatic heterocycles. The van der Waals surface area contributed by atoms with Crippen LogP contribution >= 0.6 is 0 Å². The van der Waals surface area contributed by atoms with Gasteiger partial charge in [0.1, 0.15) is 0 Å². The molecule has 0 N–H and O–H groups in total. The summed E-state index contributed by atoms with van der Waals surface area (Å²) in [6, 6.07) is 14.7. The summed E-state index contributed by atoms with van der Waals surface area (Å²) < 4.78 is 10.1. The Labute approximate surface area is 159 Å². The molecular weight excluding hydrogens is 344 g/mol. The van der Waals surface area contributed by atoms with Gasteiger partial charge in [0.25, 0.3) is 5.91 Å². The summed E-state index contributed by atoms with van der Waals surface area (Å²) in [5.74, 6) is -0.509. The number of para-hydroxylation sites is 1. The van der Waals surface area contributed by atoms with E-state index >= 15 is 0 Å². The second-order valence-electron chi connectivity index (χ2n) is 6.46. The Morgan fingerprint density at radius 2 is 1.67 bits per heavy atom. The lowest BCUT2D eigenvalue weighted by molar-refractivity contribution is 0.0600. The van der Waals surface area contributed by atoms with Gasteiger partial charge in [-0.15, -0.1) is 0 Å². The molecule has 1 aliphatic rings. The van der Waals surface area contributed by atoms with Gasteiger partial charge in [-0.3, -0.25) is 4.79 Å². The van der Waals surface area contributed by atoms with Crippen molar-refractivity contribution >= 4 is 17.6 Å². The smallest absolute Gasteiger partial charge is 0.337 e. The van der Waals surface area contributed by atoms with Crippen molar-refractivity contribution in [3.63, 3.8) is 0 Å². The number of methoxy groups -OCH3 is 1. The molecule has 27 heavy (non-hydrogen) atoms. The van der Waals surface area contributed by atoms with Crippen molar-refractivity contribution in [2.45, 2.75) is 6.54 Å². The van der Waals surface area contributed by atoms with E-state index in [2.05, 4.69) is 21.8 Å². The standard InChI is InChI=1S/C21H24N2O4/c1-22(20(24)16-7-9-17(10-8-16)21(25)26-2)15-18-5-3-4-6-19(18)23-11-13-27-14-12-23/h3-10H,11-15H2,1-2H3. The van der Waals surface area contributed by atoms with Crippen molar-refractivity contribution in [3.05, 3.63) is 65.2 Å². The molecule has 0 spiro atoms. The van der Waals surface area contributed by atoms with Crippen molar-refractivity contribution in [1.82, 2.24) is 4.90 Å². The van der Waals surface area contributed by atoms with E-state index in [1.807, 2.05) is 12.1 Å². The number of ether oxygens (including phenoxy) is 2. The predicted octanol–water partition coefficient (Wildman–Crippen LogP) is 2.58. The normalized spacial score (nSPS) is 13.9. The van der Waals surface area contributed by atoms with Crippen molar-refractivity contribution in [2.24, 2.45) is 0 Å². The highest BCUT2D eigenvalue weighted by Gasteiger charge is 2.18. The van der Waals surface area contributed by atoms with Gasteiger partial charge >= 0.3 is 5.97 Å². The maximum Gasteiger partial charge on any atom is 0.337 e. The molecule has 0 bridgehead atoms. The molecule has 2 aromatic carbocycles. The van der Waals surface area contributed by atoms with Gasteiger partial charge in [-0.1, -0.05) is 18.2 Å². The number of carbonyl (C=O) groups is 2. The van der Waals surface area contributed by atoms with E-state index in [1.165, 1.54) is 7.11 Å². The van der Waals surface area contributed by atoms with Crippen LogP contribution in [-0.4, -0.2) is 57.2 Å². The Morgan fingerprint density at radius 1 is 1.04 bits per heavy atom. The van der Waals surface area contributed by atoms with E-state index in [4.69, 9.17) is 4.74 Å². The van der Waals surface area contributed by atoms with E-state index < -0.39 is 5.97 Å². The monoisotopic (exact) mass is 368 g/mol. The fraction of sp³-hybridized carbons (Fsp3) is 0.333. The number of hydrogen-bond donors (Lipinski definition) is 0. The topological polar surface area (TPSA) is 59.1 Å². The number of nitrogens with zero attached hydrogens (tertiary/aromatic N) is 2. The summed E-state index contributed by atoms with van der Waals surface area (Å²) >= 11 is 0. The average Bonchev–Trinajstić information content (AvgIpc) is 2.73. The minimum Gasteiger partial charge on any atom is -0.465 e. The molecule has 0 aromatic heterocycles. The Hall–Kier alpha value is -2.86. The third kappa shape index (κ3) is 4.46. The van der Waals surface area contributed by atoms with E-state index in [1.54, 1.807) is 36.2 Å². The number of rotatable bonds is 5. The zero-order chi connectivity index (χ0) is 19.2. The molecule has 1 fully saturated rings. The zero-order valence-corrected chi connectivity index (χ0v) is 15.7. The summed E-state index contributed by atoms with van der Waals surface area (Å²) in [6.07, 6.45) is 0. The van der Waals surface area contributed by atoms with Crippen LogP contribution in [-0.2, 0) is 16.0 Å². The summed E-state index contributed by atoms with van der Waals surface area (Å²) in [4.78, 5) is 28.3. The highest BCUT2D eigenvalue weighted by atomic mass is 16.5. The predicted molar refractivity (Wildman–Crippen MR) is 103 cm³/mol. The van der Waals surface area contributed by atoms with Gasteiger partial charge in [0, 0.05) is 37.9 Å². The molecular formula is C21H24N2O4. The number of esters is 1. The number of hydrogen-bond acceptors (Lipinski definition) is 5. The van der Waals surface area contributed by atoms with Crippen molar-refractivity contribution in [3.8, 4) is 0 Å². The first-order valence-corrected chi connectivity index (χ1v) is 8.94. The van der Waals surface area contributed by atoms with Crippen LogP contribution in [0.15, 0.2) is 48.5 Å². The number of morpholine rings is 1. The first-order chi connectivity index (χ1) is 13.1. The van der Waals surface area contributed by atoms with Crippen LogP contribution in [0.25, 0.3) is 0 Å². The second-order valence-corrected chi connectivity index (χ2v) is 6.46. The van der Waals surface area contributed by atoms with Gasteiger partial charge < -0.3 is 19.3 Å². The first-order valence-electron chi connectivity index (χ1n) is 8.94. The molecule has 3 rings (SSSR count). The summed E-state index contributed by atoms with van der Waals surface area (Å²) in [5, 5.41) is 0. The van der Waals surface area contributed by atoms with Crippen LogP contribution in [0.1, 0.15) is 26.3 Å². The van der Waals surface area contributed by atoms with Crippen LogP contribution in [0, 0.1) is 0 Å². The molecule has 0 saturated carbocycles. The van der Waals surface area contributed by atoms with Crippen LogP contribution in [0.2, 0.25) is 0 Å². The van der Waals surface area contributed by atoms with Gasteiger partial charge in [0.2, 0.25) is 0 Å². The molecule has 2 aromatic rings. The molecule has 0 atom stereocenters. The van der Waals surface area contributed by atoms with Crippen molar-refractivity contribution < 1.29 is 19.1 Å². The van der Waals surface area contributed by atoms with E-state index in [0.29, 0.717) is 17.7 Å². The van der Waals surface area contributed by atoms with Crippen LogP contribution in [0.3, 0.4) is 0 Å². The summed E-state index contributed by atoms with van der Waals surface area (Å²) in [6.45, 7) is 3.64. The molecule has 1 amide bonds. The number of carbonyl (C=O) groups excluding carboxylic acids is 2. The highest BCUT2D eigenvalue weighted by Crippen LogP contribution is 2.23. The van der Waals surface area contributed by atoms with E-state index in [-0.39, 0.29) is 5.91 Å². The summed E-state index contributed by atoms with van der Waals surface area (Å²) in [5.41, 5.74) is 3.20. The molecule has 1 saturated heterocycles. The minimum absolute atomic E-state index is 0.0943. The zero-order valence-electron chi connectivity index (χ0n) is 15.7. The average molecular weight is 368 g/mol. The van der Waals surface area contributed by atoms with Gasteiger partial charge in [0.05, 0.1) is 25.9 Å². The number of amides is 1. The van der Waals surface area contributed by atoms with E-state index in [9.17, 15) is 9.59 Å².